The quantitative estimate of drug-likeness (QED) is 0.0312. The number of benzene rings is 2. The van der Waals surface area contributed by atoms with Crippen LogP contribution in [0.1, 0.15) is 45.7 Å². The van der Waals surface area contributed by atoms with Crippen LogP contribution in [0.3, 0.4) is 0 Å². The maximum absolute atomic E-state index is 12.0. The molecule has 9 atom stereocenters. The van der Waals surface area contributed by atoms with Crippen LogP contribution in [0, 0.1) is 0 Å². The summed E-state index contributed by atoms with van der Waals surface area (Å²) >= 11 is 1.53. The van der Waals surface area contributed by atoms with Gasteiger partial charge in [0, 0.05) is 29.8 Å². The van der Waals surface area contributed by atoms with Gasteiger partial charge in [-0.2, -0.15) is 8.42 Å². The van der Waals surface area contributed by atoms with Gasteiger partial charge in [-0.25, -0.2) is 18.8 Å². The van der Waals surface area contributed by atoms with Gasteiger partial charge in [-0.1, -0.05) is 43.3 Å². The van der Waals surface area contributed by atoms with Crippen LogP contribution in [0.25, 0.3) is 16.8 Å². The van der Waals surface area contributed by atoms with Crippen LogP contribution in [-0.4, -0.2) is 204 Å². The van der Waals surface area contributed by atoms with Crippen molar-refractivity contribution in [3.8, 4) is 0 Å². The molecule has 2 fully saturated rings. The van der Waals surface area contributed by atoms with Crippen LogP contribution >= 0.6 is 11.3 Å². The number of thiophene rings is 1. The number of hydrogen-bond acceptors (Lipinski definition) is 17. The normalized spacial score (nSPS) is 25.8. The molecule has 2 saturated heterocycles. The van der Waals surface area contributed by atoms with Crippen molar-refractivity contribution < 1.29 is 97.9 Å². The van der Waals surface area contributed by atoms with Crippen LogP contribution in [0.2, 0.25) is 0 Å². The molecule has 0 saturated carbocycles. The summed E-state index contributed by atoms with van der Waals surface area (Å²) in [7, 11) is -5.19. The third-order valence-corrected chi connectivity index (χ3v) is 11.1. The molecule has 4 aromatic rings. The van der Waals surface area contributed by atoms with Gasteiger partial charge in [0.05, 0.1) is 30.7 Å². The number of aromatic carboxylic acids is 1. The molecule has 0 unspecified atom stereocenters. The number of nitrogens with zero attached hydrogens (tertiary/aromatic N) is 2. The summed E-state index contributed by atoms with van der Waals surface area (Å²) in [5.74, 6) is -3.62. The zero-order valence-corrected chi connectivity index (χ0v) is 34.5. The van der Waals surface area contributed by atoms with Crippen LogP contribution in [0.15, 0.2) is 65.7 Å². The van der Waals surface area contributed by atoms with E-state index in [0.717, 1.165) is 40.2 Å². The van der Waals surface area contributed by atoms with E-state index >= 15 is 0 Å². The number of aliphatic hydroxyl groups excluding tert-OH is 7. The maximum atomic E-state index is 12.0. The van der Waals surface area contributed by atoms with Crippen LogP contribution in [0.4, 0.5) is 0 Å². The average Bonchev–Trinajstić information content (AvgIpc) is 3.93. The molecule has 2 aromatic heterocycles. The molecule has 0 radical (unpaired) electrons. The minimum absolute atomic E-state index is 0. The van der Waals surface area contributed by atoms with Crippen LogP contribution in [0.5, 0.6) is 0 Å². The van der Waals surface area contributed by atoms with Gasteiger partial charge in [-0.3, -0.25) is 4.55 Å². The van der Waals surface area contributed by atoms with Crippen molar-refractivity contribution in [1.82, 2.24) is 9.55 Å². The van der Waals surface area contributed by atoms with Gasteiger partial charge < -0.3 is 75.7 Å². The summed E-state index contributed by atoms with van der Waals surface area (Å²) in [6.45, 7) is -0.342. The number of carboxylic acids is 2. The Bertz CT molecular complexity index is 2240. The third-order valence-electron chi connectivity index (χ3n) is 9.82. The van der Waals surface area contributed by atoms with Gasteiger partial charge in [0.25, 0.3) is 0 Å². The molecule has 0 bridgehead atoms. The second-order valence-corrected chi connectivity index (χ2v) is 15.9. The van der Waals surface area contributed by atoms with E-state index in [1.165, 1.54) is 11.3 Å². The zero-order chi connectivity index (χ0) is 43.9. The van der Waals surface area contributed by atoms with Gasteiger partial charge >= 0.3 is 60.1 Å². The molecule has 2 aliphatic rings. The molecule has 2 aromatic carbocycles. The summed E-state index contributed by atoms with van der Waals surface area (Å²) in [5.41, 5.74) is 2.24. The van der Waals surface area contributed by atoms with E-state index in [1.54, 1.807) is 18.3 Å². The Kier molecular flexibility index (Phi) is 21.8. The molecule has 25 heteroatoms. The Morgan fingerprint density at radius 3 is 2.14 bits per heavy atom. The van der Waals surface area contributed by atoms with Crippen LogP contribution < -0.4 is 0 Å². The molecular weight excluding hydrogens is 909 g/mol. The van der Waals surface area contributed by atoms with E-state index in [2.05, 4.69) is 16.1 Å². The first-order valence-corrected chi connectivity index (χ1v) is 20.7. The number of fused-ring (bicyclic) bond motifs is 1. The number of ether oxygens (including phenoxy) is 3. The Balaban J connectivity index is 0.000000422. The Morgan fingerprint density at radius 2 is 1.59 bits per heavy atom. The second kappa shape index (κ2) is 24.5. The Labute approximate surface area is 393 Å². The zero-order valence-electron chi connectivity index (χ0n) is 32.9. The fraction of sp³-hybridized carbons (Fsp3) is 0.447. The predicted molar refractivity (Wildman–Crippen MR) is 225 cm³/mol. The molecular formula is C38H52CaN2O20S2. The van der Waals surface area contributed by atoms with E-state index in [-0.39, 0.29) is 54.3 Å². The number of carboxylic acid groups (broad SMARTS) is 2. The monoisotopic (exact) mass is 960 g/mol. The number of aryl methyl sites for hydroxylation is 1. The van der Waals surface area contributed by atoms with Crippen LogP contribution in [-0.2, 0) is 53.0 Å². The molecule has 6 rings (SSSR count). The molecule has 63 heavy (non-hydrogen) atoms. The van der Waals surface area contributed by atoms with Gasteiger partial charge in [0.1, 0.15) is 49.1 Å². The SMILES string of the molecule is CCCc1ncc(/C=C(\Cc2cccs2)C(=O)O)n1Cc1ccc(C(=O)O)c2ccccc12.O.O.O=S(=O)(O)O[C@H]1[C@H](O)[C@@H](CO)O[C@@]1(CO)O[C@H]1O[C@H](CO)[C@@H](O)[C@H](O)[C@H]1O.[CaH2]. The minimum atomic E-state index is -5.19. The number of aromatic nitrogens is 2. The van der Waals surface area contributed by atoms with Crippen molar-refractivity contribution in [2.45, 2.75) is 87.5 Å². The number of aliphatic hydroxyl groups is 7. The Hall–Kier alpha value is -3.06. The molecule has 4 heterocycles. The van der Waals surface area contributed by atoms with Crippen molar-refractivity contribution in [3.05, 3.63) is 93.2 Å². The number of carbonyl (C=O) groups is 2. The first-order chi connectivity index (χ1) is 28.5. The standard InChI is InChI=1S/C26H24N2O4S.C12H22O14S.Ca.2H2O.2H/c1-2-6-24-27-15-19(13-18(25(29)30)14-20-7-5-12-33-20)28(24)16-17-10-11-23(26(31)32)22-9-4-3-8-21(17)22;13-1-4-6(16)8(18)9(19)11(23-4)25-12(3-15)10(26-27(20,21)22)7(17)5(2-14)24-12;;;;;/h3-5,7-13,15H,2,6,14,16H2,1H3,(H,29,30)(H,31,32);4-11,13-19H,1-3H2,(H,20,21,22);;2*1H2;;/b18-13+;;;;;;/t;4-,5-,6-,7-,8+,9-,10+,11-,12+;;;;;/m.1...../s1. The Morgan fingerprint density at radius 1 is 0.921 bits per heavy atom. The van der Waals surface area contributed by atoms with E-state index in [9.17, 15) is 58.9 Å². The molecule has 2 aliphatic heterocycles. The third kappa shape index (κ3) is 13.3. The number of aliphatic carboxylic acids is 1. The van der Waals surface area contributed by atoms with Gasteiger partial charge in [-0.15, -0.1) is 11.3 Å². The van der Waals surface area contributed by atoms with Gasteiger partial charge in [-0.05, 0) is 46.3 Å². The molecule has 348 valence electrons. The topological polar surface area (TPSA) is 388 Å². The molecule has 0 spiro atoms. The first kappa shape index (κ1) is 56.1. The predicted octanol–water partition coefficient (Wildman–Crippen LogP) is -2.63. The average molecular weight is 961 g/mol. The summed E-state index contributed by atoms with van der Waals surface area (Å²) in [6, 6.07) is 14.8. The van der Waals surface area contributed by atoms with Crippen molar-refractivity contribution >= 4 is 88.3 Å². The fourth-order valence-corrected chi connectivity index (χ4v) is 8.10. The van der Waals surface area contributed by atoms with E-state index in [4.69, 9.17) is 23.9 Å². The summed E-state index contributed by atoms with van der Waals surface area (Å²) in [5, 5.41) is 90.5. The molecule has 0 aliphatic carbocycles. The first-order valence-electron chi connectivity index (χ1n) is 18.4. The van der Waals surface area contributed by atoms with Crippen molar-refractivity contribution in [2.24, 2.45) is 0 Å². The summed E-state index contributed by atoms with van der Waals surface area (Å²) in [4.78, 5) is 29.2. The summed E-state index contributed by atoms with van der Waals surface area (Å²) < 4.78 is 52.7. The van der Waals surface area contributed by atoms with E-state index < -0.39 is 97.0 Å². The second-order valence-electron chi connectivity index (χ2n) is 13.8. The van der Waals surface area contributed by atoms with E-state index in [0.29, 0.717) is 23.9 Å². The molecule has 22 nitrogen and oxygen atoms in total. The van der Waals surface area contributed by atoms with E-state index in [1.807, 2.05) is 52.4 Å². The number of hydrogen-bond donors (Lipinski definition) is 10. The fourth-order valence-electron chi connectivity index (χ4n) is 6.85. The van der Waals surface area contributed by atoms with Crippen molar-refractivity contribution in [2.75, 3.05) is 19.8 Å². The molecule has 0 amide bonds. The van der Waals surface area contributed by atoms with Gasteiger partial charge in [0.15, 0.2) is 12.4 Å². The number of rotatable bonds is 16. The van der Waals surface area contributed by atoms with Crippen molar-refractivity contribution in [1.29, 1.82) is 0 Å². The molecule has 14 N–H and O–H groups in total. The number of imidazole rings is 1. The van der Waals surface area contributed by atoms with Gasteiger partial charge in [0.2, 0.25) is 5.79 Å². The van der Waals surface area contributed by atoms with Crippen molar-refractivity contribution in [3.63, 3.8) is 0 Å². The summed E-state index contributed by atoms with van der Waals surface area (Å²) in [6.07, 6.45) is -8.95.